The summed E-state index contributed by atoms with van der Waals surface area (Å²) in [6.07, 6.45) is 2.82. The summed E-state index contributed by atoms with van der Waals surface area (Å²) < 4.78 is 47.9. The predicted molar refractivity (Wildman–Crippen MR) is 97.0 cm³/mol. The van der Waals surface area contributed by atoms with Gasteiger partial charge in [0.25, 0.3) is 11.5 Å². The van der Waals surface area contributed by atoms with Gasteiger partial charge in [-0.2, -0.15) is 0 Å². The SMILES string of the molecule is CCOSOc1cc(OCC)cnc1-n1ccc(OCC(C)(F)F)cc1=O. The maximum Gasteiger partial charge on any atom is 0.278 e. The molecule has 0 aromatic carbocycles. The van der Waals surface area contributed by atoms with Crippen molar-refractivity contribution in [3.8, 4) is 23.1 Å². The van der Waals surface area contributed by atoms with Crippen LogP contribution in [0.25, 0.3) is 5.82 Å². The highest BCUT2D eigenvalue weighted by molar-refractivity contribution is 7.90. The molecule has 0 amide bonds. The molecule has 2 heterocycles. The molecule has 0 fully saturated rings. The summed E-state index contributed by atoms with van der Waals surface area (Å²) in [5.41, 5.74) is -0.519. The van der Waals surface area contributed by atoms with Crippen molar-refractivity contribution in [2.24, 2.45) is 0 Å². The van der Waals surface area contributed by atoms with Gasteiger partial charge < -0.3 is 13.7 Å². The number of alkyl halides is 2. The predicted octanol–water partition coefficient (Wildman–Crippen LogP) is 3.64. The summed E-state index contributed by atoms with van der Waals surface area (Å²) in [6.45, 7) is 4.40. The Morgan fingerprint density at radius 3 is 2.59 bits per heavy atom. The topological polar surface area (TPSA) is 71.8 Å². The van der Waals surface area contributed by atoms with Gasteiger partial charge in [-0.25, -0.2) is 13.8 Å². The molecular weight excluding hydrogens is 382 g/mol. The first kappa shape index (κ1) is 21.0. The van der Waals surface area contributed by atoms with Crippen molar-refractivity contribution in [3.63, 3.8) is 0 Å². The van der Waals surface area contributed by atoms with Crippen LogP contribution < -0.4 is 19.2 Å². The average Bonchev–Trinajstić information content (AvgIpc) is 2.61. The molecule has 0 aliphatic heterocycles. The maximum absolute atomic E-state index is 12.9. The molecule has 0 bridgehead atoms. The summed E-state index contributed by atoms with van der Waals surface area (Å²) in [5.74, 6) is -2.05. The number of nitrogens with zero attached hydrogens (tertiary/aromatic N) is 2. The molecule has 0 radical (unpaired) electrons. The molecule has 2 rings (SSSR count). The first-order valence-electron chi connectivity index (χ1n) is 8.16. The first-order valence-corrected chi connectivity index (χ1v) is 8.83. The molecule has 0 atom stereocenters. The van der Waals surface area contributed by atoms with E-state index in [4.69, 9.17) is 17.8 Å². The van der Waals surface area contributed by atoms with E-state index in [2.05, 4.69) is 4.98 Å². The molecule has 7 nitrogen and oxygen atoms in total. The average molecular weight is 402 g/mol. The Kier molecular flexibility index (Phi) is 7.43. The Morgan fingerprint density at radius 1 is 1.19 bits per heavy atom. The van der Waals surface area contributed by atoms with Gasteiger partial charge in [0, 0.05) is 25.3 Å². The van der Waals surface area contributed by atoms with E-state index in [-0.39, 0.29) is 17.3 Å². The third-order valence-electron chi connectivity index (χ3n) is 3.02. The van der Waals surface area contributed by atoms with Gasteiger partial charge in [0.2, 0.25) is 12.3 Å². The summed E-state index contributed by atoms with van der Waals surface area (Å²) in [4.78, 5) is 16.6. The molecule has 148 valence electrons. The Balaban J connectivity index is 2.31. The van der Waals surface area contributed by atoms with E-state index in [0.29, 0.717) is 19.0 Å². The van der Waals surface area contributed by atoms with E-state index in [1.54, 1.807) is 13.0 Å². The zero-order chi connectivity index (χ0) is 19.9. The third-order valence-corrected chi connectivity index (χ3v) is 3.60. The lowest BCUT2D eigenvalue weighted by atomic mass is 10.3. The van der Waals surface area contributed by atoms with Crippen LogP contribution in [0.1, 0.15) is 20.8 Å². The standard InChI is InChI=1S/C17H20F2N2O5S/c1-4-23-13-8-14(26-27-25-5-2)16(20-10-13)21-7-6-12(9-15(21)22)24-11-17(3,18)19/h6-10H,4-5,11H2,1-3H3. The zero-order valence-electron chi connectivity index (χ0n) is 15.1. The lowest BCUT2D eigenvalue weighted by Crippen LogP contribution is -2.23. The van der Waals surface area contributed by atoms with Crippen LogP contribution in [-0.4, -0.2) is 35.3 Å². The Morgan fingerprint density at radius 2 is 1.96 bits per heavy atom. The second-order valence-corrected chi connectivity index (χ2v) is 5.95. The molecule has 10 heteroatoms. The summed E-state index contributed by atoms with van der Waals surface area (Å²) in [5, 5.41) is 0. The number of pyridine rings is 2. The maximum atomic E-state index is 12.9. The van der Waals surface area contributed by atoms with Crippen molar-refractivity contribution in [1.82, 2.24) is 9.55 Å². The summed E-state index contributed by atoms with van der Waals surface area (Å²) >= 11 is 0.743. The number of rotatable bonds is 10. The first-order chi connectivity index (χ1) is 12.8. The van der Waals surface area contributed by atoms with E-state index in [1.807, 2.05) is 6.92 Å². The van der Waals surface area contributed by atoms with E-state index < -0.39 is 18.1 Å². The Labute approximate surface area is 159 Å². The van der Waals surface area contributed by atoms with Gasteiger partial charge in [-0.05, 0) is 19.9 Å². The van der Waals surface area contributed by atoms with Crippen molar-refractivity contribution in [3.05, 3.63) is 40.9 Å². The van der Waals surface area contributed by atoms with Gasteiger partial charge in [0.05, 0.1) is 19.4 Å². The normalized spacial score (nSPS) is 11.3. The zero-order valence-corrected chi connectivity index (χ0v) is 15.9. The van der Waals surface area contributed by atoms with Crippen molar-refractivity contribution in [2.45, 2.75) is 26.7 Å². The fourth-order valence-electron chi connectivity index (χ4n) is 1.95. The molecule has 0 spiro atoms. The van der Waals surface area contributed by atoms with E-state index in [1.165, 1.54) is 23.0 Å². The molecular formula is C17H20F2N2O5S. The second kappa shape index (κ2) is 9.56. The second-order valence-electron chi connectivity index (χ2n) is 5.41. The van der Waals surface area contributed by atoms with Gasteiger partial charge in [0.15, 0.2) is 18.2 Å². The van der Waals surface area contributed by atoms with Crippen molar-refractivity contribution in [1.29, 1.82) is 0 Å². The van der Waals surface area contributed by atoms with Crippen molar-refractivity contribution < 1.29 is 26.6 Å². The van der Waals surface area contributed by atoms with Crippen LogP contribution in [0.15, 0.2) is 35.4 Å². The quantitative estimate of drug-likeness (QED) is 0.444. The van der Waals surface area contributed by atoms with Crippen LogP contribution in [-0.2, 0) is 4.18 Å². The highest BCUT2D eigenvalue weighted by atomic mass is 32.2. The van der Waals surface area contributed by atoms with Crippen LogP contribution in [0.4, 0.5) is 8.78 Å². The fraction of sp³-hybridized carbons (Fsp3) is 0.412. The molecule has 0 saturated heterocycles. The van der Waals surface area contributed by atoms with Crippen LogP contribution >= 0.6 is 12.3 Å². The van der Waals surface area contributed by atoms with Gasteiger partial charge in [-0.3, -0.25) is 13.5 Å². The Bertz CT molecular complexity index is 811. The van der Waals surface area contributed by atoms with Crippen LogP contribution in [0, 0.1) is 0 Å². The number of hydrogen-bond donors (Lipinski definition) is 0. The molecule has 0 aliphatic carbocycles. The van der Waals surface area contributed by atoms with Crippen LogP contribution in [0.2, 0.25) is 0 Å². The lowest BCUT2D eigenvalue weighted by Gasteiger charge is -2.14. The van der Waals surface area contributed by atoms with Gasteiger partial charge in [-0.1, -0.05) is 0 Å². The number of aromatic nitrogens is 2. The highest BCUT2D eigenvalue weighted by Crippen LogP contribution is 2.28. The highest BCUT2D eigenvalue weighted by Gasteiger charge is 2.22. The van der Waals surface area contributed by atoms with Crippen molar-refractivity contribution >= 4 is 12.3 Å². The fourth-order valence-corrected chi connectivity index (χ4v) is 2.29. The monoisotopic (exact) mass is 402 g/mol. The molecule has 0 saturated carbocycles. The molecule has 0 N–H and O–H groups in total. The largest absolute Gasteiger partial charge is 0.492 e. The molecule has 2 aromatic rings. The minimum absolute atomic E-state index is 0.0369. The molecule has 27 heavy (non-hydrogen) atoms. The van der Waals surface area contributed by atoms with Gasteiger partial charge in [-0.15, -0.1) is 0 Å². The lowest BCUT2D eigenvalue weighted by molar-refractivity contribution is -0.0230. The minimum Gasteiger partial charge on any atom is -0.492 e. The Hall–Kier alpha value is -2.33. The third kappa shape index (κ3) is 6.40. The smallest absolute Gasteiger partial charge is 0.278 e. The van der Waals surface area contributed by atoms with E-state index >= 15 is 0 Å². The van der Waals surface area contributed by atoms with E-state index in [0.717, 1.165) is 25.3 Å². The number of hydrogen-bond acceptors (Lipinski definition) is 7. The van der Waals surface area contributed by atoms with Crippen LogP contribution in [0.3, 0.4) is 0 Å². The van der Waals surface area contributed by atoms with E-state index in [9.17, 15) is 13.6 Å². The van der Waals surface area contributed by atoms with Crippen molar-refractivity contribution in [2.75, 3.05) is 19.8 Å². The summed E-state index contributed by atoms with van der Waals surface area (Å²) in [7, 11) is 0. The van der Waals surface area contributed by atoms with Crippen LogP contribution in [0.5, 0.6) is 17.2 Å². The minimum atomic E-state index is -3.00. The van der Waals surface area contributed by atoms with Gasteiger partial charge in [0.1, 0.15) is 11.5 Å². The molecule has 0 aliphatic rings. The van der Waals surface area contributed by atoms with Gasteiger partial charge >= 0.3 is 0 Å². The number of ether oxygens (including phenoxy) is 2. The number of halogens is 2. The summed E-state index contributed by atoms with van der Waals surface area (Å²) in [6, 6.07) is 4.07. The molecule has 0 unspecified atom stereocenters. The molecule has 2 aromatic heterocycles.